The number of fused-ring (bicyclic) bond motifs is 1. The lowest BCUT2D eigenvalue weighted by Gasteiger charge is -2.02. The molecule has 1 amide bonds. The van der Waals surface area contributed by atoms with Crippen LogP contribution < -0.4 is 5.32 Å². The fourth-order valence-electron chi connectivity index (χ4n) is 2.36. The Labute approximate surface area is 141 Å². The first kappa shape index (κ1) is 14.5. The van der Waals surface area contributed by atoms with E-state index in [0.717, 1.165) is 16.6 Å². The fourth-order valence-corrected chi connectivity index (χ4v) is 2.54. The molecule has 6 nitrogen and oxygen atoms in total. The van der Waals surface area contributed by atoms with Gasteiger partial charge >= 0.3 is 0 Å². The van der Waals surface area contributed by atoms with Gasteiger partial charge in [-0.05, 0) is 30.3 Å². The van der Waals surface area contributed by atoms with E-state index in [1.165, 1.54) is 6.39 Å². The number of imidazole rings is 1. The summed E-state index contributed by atoms with van der Waals surface area (Å²) in [4.78, 5) is 23.5. The van der Waals surface area contributed by atoms with Crippen LogP contribution in [0.1, 0.15) is 10.4 Å². The molecule has 0 fully saturated rings. The van der Waals surface area contributed by atoms with Crippen LogP contribution in [0.15, 0.2) is 59.5 Å². The zero-order chi connectivity index (χ0) is 16.5. The molecule has 0 aliphatic carbocycles. The molecular formula is C17H11ClN4O2. The monoisotopic (exact) mass is 338 g/mol. The van der Waals surface area contributed by atoms with Gasteiger partial charge in [-0.15, -0.1) is 0 Å². The van der Waals surface area contributed by atoms with Crippen molar-refractivity contribution < 1.29 is 9.21 Å². The summed E-state index contributed by atoms with van der Waals surface area (Å²) in [6, 6.07) is 12.3. The molecule has 0 saturated carbocycles. The summed E-state index contributed by atoms with van der Waals surface area (Å²) in [5.41, 5.74) is 2.85. The van der Waals surface area contributed by atoms with E-state index in [2.05, 4.69) is 20.3 Å². The van der Waals surface area contributed by atoms with Crippen LogP contribution in [0.4, 0.5) is 5.95 Å². The maximum atomic E-state index is 12.3. The average molecular weight is 339 g/mol. The van der Waals surface area contributed by atoms with Crippen LogP contribution in [0.25, 0.3) is 22.4 Å². The van der Waals surface area contributed by atoms with Gasteiger partial charge in [-0.2, -0.15) is 0 Å². The molecule has 2 aromatic carbocycles. The third-order valence-corrected chi connectivity index (χ3v) is 3.77. The average Bonchev–Trinajstić information content (AvgIpc) is 3.23. The van der Waals surface area contributed by atoms with E-state index < -0.39 is 0 Å². The Balaban J connectivity index is 1.54. The zero-order valence-corrected chi connectivity index (χ0v) is 13.0. The summed E-state index contributed by atoms with van der Waals surface area (Å²) in [6.07, 6.45) is 2.98. The number of aromatic nitrogens is 3. The molecule has 0 aliphatic rings. The quantitative estimate of drug-likeness (QED) is 0.588. The van der Waals surface area contributed by atoms with Gasteiger partial charge in [0.1, 0.15) is 0 Å². The molecule has 2 aromatic heterocycles. The zero-order valence-electron chi connectivity index (χ0n) is 12.3. The number of benzene rings is 2. The van der Waals surface area contributed by atoms with Crippen LogP contribution in [0.2, 0.25) is 5.02 Å². The molecule has 118 valence electrons. The third kappa shape index (κ3) is 2.75. The summed E-state index contributed by atoms with van der Waals surface area (Å²) < 4.78 is 5.22. The lowest BCUT2D eigenvalue weighted by Crippen LogP contribution is -2.12. The van der Waals surface area contributed by atoms with Crippen LogP contribution in [0.3, 0.4) is 0 Å². The second kappa shape index (κ2) is 5.82. The summed E-state index contributed by atoms with van der Waals surface area (Å²) in [6.45, 7) is 0. The largest absolute Gasteiger partial charge is 0.444 e. The van der Waals surface area contributed by atoms with Gasteiger partial charge in [0.05, 0.1) is 17.2 Å². The molecule has 0 saturated heterocycles. The molecule has 0 aliphatic heterocycles. The number of hydrogen-bond donors (Lipinski definition) is 2. The van der Waals surface area contributed by atoms with Crippen molar-refractivity contribution in [2.45, 2.75) is 0 Å². The molecule has 0 unspecified atom stereocenters. The number of halogens is 1. The highest BCUT2D eigenvalue weighted by Gasteiger charge is 2.10. The number of H-pyrrole nitrogens is 1. The molecule has 4 rings (SSSR count). The van der Waals surface area contributed by atoms with Gasteiger partial charge in [-0.1, -0.05) is 23.7 Å². The standard InChI is InChI=1S/C17H11ClN4O2/c18-12-5-6-13-14(7-12)21-17(20-13)22-16(23)11-3-1-10(2-4-11)15-8-19-9-24-15/h1-9H,(H2,20,21,22,23). The number of oxazole rings is 1. The first-order chi connectivity index (χ1) is 11.7. The van der Waals surface area contributed by atoms with Gasteiger partial charge < -0.3 is 9.40 Å². The van der Waals surface area contributed by atoms with Gasteiger partial charge in [0.25, 0.3) is 5.91 Å². The number of aromatic amines is 1. The van der Waals surface area contributed by atoms with E-state index in [-0.39, 0.29) is 5.91 Å². The second-order valence-corrected chi connectivity index (χ2v) is 5.58. The van der Waals surface area contributed by atoms with Crippen LogP contribution in [-0.2, 0) is 0 Å². The topological polar surface area (TPSA) is 83.8 Å². The fraction of sp³-hybridized carbons (Fsp3) is 0. The van der Waals surface area contributed by atoms with Crippen molar-refractivity contribution in [3.63, 3.8) is 0 Å². The van der Waals surface area contributed by atoms with Crippen LogP contribution in [0, 0.1) is 0 Å². The molecule has 2 heterocycles. The molecule has 24 heavy (non-hydrogen) atoms. The highest BCUT2D eigenvalue weighted by Crippen LogP contribution is 2.21. The van der Waals surface area contributed by atoms with E-state index in [0.29, 0.717) is 22.3 Å². The van der Waals surface area contributed by atoms with Crippen molar-refractivity contribution in [2.24, 2.45) is 0 Å². The normalized spacial score (nSPS) is 10.9. The molecule has 0 radical (unpaired) electrons. The van der Waals surface area contributed by atoms with Gasteiger partial charge in [-0.25, -0.2) is 9.97 Å². The minimum atomic E-state index is -0.260. The van der Waals surface area contributed by atoms with Crippen molar-refractivity contribution in [1.82, 2.24) is 15.0 Å². The number of hydrogen-bond acceptors (Lipinski definition) is 4. The van der Waals surface area contributed by atoms with Gasteiger partial charge in [0.15, 0.2) is 12.2 Å². The number of nitrogens with zero attached hydrogens (tertiary/aromatic N) is 2. The first-order valence-electron chi connectivity index (χ1n) is 7.14. The Bertz CT molecular complexity index is 1010. The van der Waals surface area contributed by atoms with E-state index in [1.807, 2.05) is 0 Å². The molecule has 2 N–H and O–H groups in total. The van der Waals surface area contributed by atoms with Crippen molar-refractivity contribution in [3.8, 4) is 11.3 Å². The maximum absolute atomic E-state index is 12.3. The second-order valence-electron chi connectivity index (χ2n) is 5.14. The Morgan fingerprint density at radius 3 is 2.75 bits per heavy atom. The van der Waals surface area contributed by atoms with Crippen molar-refractivity contribution >= 4 is 34.5 Å². The van der Waals surface area contributed by atoms with Gasteiger partial charge in [0, 0.05) is 16.1 Å². The minimum absolute atomic E-state index is 0.260. The summed E-state index contributed by atoms with van der Waals surface area (Å²) >= 11 is 5.94. The third-order valence-electron chi connectivity index (χ3n) is 3.54. The van der Waals surface area contributed by atoms with Crippen molar-refractivity contribution in [1.29, 1.82) is 0 Å². The number of rotatable bonds is 3. The van der Waals surface area contributed by atoms with Crippen LogP contribution >= 0.6 is 11.6 Å². The van der Waals surface area contributed by atoms with Crippen molar-refractivity contribution in [3.05, 3.63) is 65.6 Å². The smallest absolute Gasteiger partial charge is 0.257 e. The van der Waals surface area contributed by atoms with E-state index in [4.69, 9.17) is 16.0 Å². The highest BCUT2D eigenvalue weighted by atomic mass is 35.5. The number of anilines is 1. The Kier molecular flexibility index (Phi) is 3.51. The number of nitrogens with one attached hydrogen (secondary N) is 2. The Morgan fingerprint density at radius 2 is 2.00 bits per heavy atom. The van der Waals surface area contributed by atoms with Crippen LogP contribution in [0.5, 0.6) is 0 Å². The predicted octanol–water partition coefficient (Wildman–Crippen LogP) is 4.12. The Hall–Kier alpha value is -3.12. The summed E-state index contributed by atoms with van der Waals surface area (Å²) in [7, 11) is 0. The Morgan fingerprint density at radius 1 is 1.17 bits per heavy atom. The van der Waals surface area contributed by atoms with Crippen LogP contribution in [-0.4, -0.2) is 20.9 Å². The number of carbonyl (C=O) groups is 1. The lowest BCUT2D eigenvalue weighted by atomic mass is 10.1. The maximum Gasteiger partial charge on any atom is 0.257 e. The van der Waals surface area contributed by atoms with E-state index in [1.54, 1.807) is 48.7 Å². The molecule has 4 aromatic rings. The number of amides is 1. The molecular weight excluding hydrogens is 328 g/mol. The van der Waals surface area contributed by atoms with E-state index in [9.17, 15) is 4.79 Å². The van der Waals surface area contributed by atoms with E-state index >= 15 is 0 Å². The molecule has 0 atom stereocenters. The molecule has 7 heteroatoms. The van der Waals surface area contributed by atoms with Crippen molar-refractivity contribution in [2.75, 3.05) is 5.32 Å². The molecule has 0 spiro atoms. The summed E-state index contributed by atoms with van der Waals surface area (Å²) in [5, 5.41) is 3.34. The van der Waals surface area contributed by atoms with Gasteiger partial charge in [-0.3, -0.25) is 10.1 Å². The lowest BCUT2D eigenvalue weighted by molar-refractivity contribution is 0.102. The summed E-state index contributed by atoms with van der Waals surface area (Å²) in [5.74, 6) is 0.761. The first-order valence-corrected chi connectivity index (χ1v) is 7.52. The SMILES string of the molecule is O=C(Nc1nc2ccc(Cl)cc2[nH]1)c1ccc(-c2cnco2)cc1. The number of carbonyl (C=O) groups excluding carboxylic acids is 1. The minimum Gasteiger partial charge on any atom is -0.444 e. The molecule has 0 bridgehead atoms. The highest BCUT2D eigenvalue weighted by molar-refractivity contribution is 6.31. The van der Waals surface area contributed by atoms with Gasteiger partial charge in [0.2, 0.25) is 5.95 Å². The predicted molar refractivity (Wildman–Crippen MR) is 91.0 cm³/mol.